The summed E-state index contributed by atoms with van der Waals surface area (Å²) in [5, 5.41) is 6.63. The number of ether oxygens (including phenoxy) is 3. The topological polar surface area (TPSA) is 98.2 Å². The fourth-order valence-electron chi connectivity index (χ4n) is 2.47. The molecule has 8 nitrogen and oxygen atoms in total. The highest BCUT2D eigenvalue weighted by Gasteiger charge is 2.08. The molecule has 0 atom stereocenters. The zero-order valence-corrected chi connectivity index (χ0v) is 17.5. The van der Waals surface area contributed by atoms with Crippen molar-refractivity contribution in [2.75, 3.05) is 25.6 Å². The molecule has 0 aliphatic heterocycles. The number of methoxy groups -OCH3 is 1. The molecule has 2 aromatic rings. The molecular weight excluding hydrogens is 398 g/mol. The first kappa shape index (κ1) is 23.3. The van der Waals surface area contributed by atoms with Gasteiger partial charge in [0.25, 0.3) is 0 Å². The summed E-state index contributed by atoms with van der Waals surface area (Å²) >= 11 is 0. The van der Waals surface area contributed by atoms with Crippen molar-refractivity contribution in [1.29, 1.82) is 0 Å². The number of benzene rings is 2. The number of carbonyl (C=O) groups is 2. The van der Waals surface area contributed by atoms with Gasteiger partial charge in [0, 0.05) is 18.5 Å². The minimum Gasteiger partial charge on any atom is -0.497 e. The number of hydrogen-bond donors (Lipinski definition) is 2. The molecule has 0 bridgehead atoms. The second-order valence-electron chi connectivity index (χ2n) is 6.20. The summed E-state index contributed by atoms with van der Waals surface area (Å²) in [6.07, 6.45) is 6.72. The molecule has 0 aliphatic carbocycles. The second-order valence-corrected chi connectivity index (χ2v) is 6.20. The number of carbonyl (C=O) groups excluding carboxylic acids is 2. The van der Waals surface area contributed by atoms with E-state index in [-0.39, 0.29) is 31.3 Å². The minimum absolute atomic E-state index is 0.00237. The van der Waals surface area contributed by atoms with E-state index in [1.807, 2.05) is 6.92 Å². The van der Waals surface area contributed by atoms with Crippen LogP contribution in [0.1, 0.15) is 25.3 Å². The molecule has 0 aliphatic rings. The van der Waals surface area contributed by atoms with Crippen molar-refractivity contribution in [2.45, 2.75) is 19.8 Å². The molecule has 0 saturated carbocycles. The fraction of sp³-hybridized carbons (Fsp3) is 0.261. The molecule has 31 heavy (non-hydrogen) atoms. The Labute approximate surface area is 181 Å². The van der Waals surface area contributed by atoms with Crippen molar-refractivity contribution in [3.8, 4) is 29.6 Å². The highest BCUT2D eigenvalue weighted by molar-refractivity contribution is 5.93. The first-order valence-electron chi connectivity index (χ1n) is 9.64. The lowest BCUT2D eigenvalue weighted by Crippen LogP contribution is -2.20. The predicted molar refractivity (Wildman–Crippen MR) is 119 cm³/mol. The lowest BCUT2D eigenvalue weighted by molar-refractivity contribution is -0.124. The van der Waals surface area contributed by atoms with Gasteiger partial charge in [0.15, 0.2) is 11.5 Å². The quantitative estimate of drug-likeness (QED) is 0.329. The second kappa shape index (κ2) is 12.5. The van der Waals surface area contributed by atoms with Crippen molar-refractivity contribution in [3.63, 3.8) is 0 Å². The van der Waals surface area contributed by atoms with Gasteiger partial charge in [-0.05, 0) is 55.0 Å². The van der Waals surface area contributed by atoms with Gasteiger partial charge in [0.05, 0.1) is 19.9 Å². The third-order valence-electron chi connectivity index (χ3n) is 3.93. The summed E-state index contributed by atoms with van der Waals surface area (Å²) in [5.74, 6) is 3.51. The SMILES string of the molecule is C#CCOc1ccc(C=NNC(=O)CCC(=O)Nc2ccc(OC)cc2)cc1OCC. The van der Waals surface area contributed by atoms with E-state index in [4.69, 9.17) is 20.6 Å². The Kier molecular flexibility index (Phi) is 9.43. The highest BCUT2D eigenvalue weighted by Crippen LogP contribution is 2.28. The number of amides is 2. The van der Waals surface area contributed by atoms with Gasteiger partial charge in [-0.2, -0.15) is 5.10 Å². The van der Waals surface area contributed by atoms with Crippen molar-refractivity contribution in [1.82, 2.24) is 5.43 Å². The van der Waals surface area contributed by atoms with Gasteiger partial charge < -0.3 is 19.5 Å². The van der Waals surface area contributed by atoms with Gasteiger partial charge in [-0.1, -0.05) is 5.92 Å². The number of hydrogen-bond acceptors (Lipinski definition) is 6. The third kappa shape index (κ3) is 8.11. The normalized spacial score (nSPS) is 10.2. The number of terminal acetylenes is 1. The van der Waals surface area contributed by atoms with Gasteiger partial charge in [-0.3, -0.25) is 9.59 Å². The van der Waals surface area contributed by atoms with E-state index in [1.165, 1.54) is 6.21 Å². The number of hydrazone groups is 1. The average Bonchev–Trinajstić information content (AvgIpc) is 2.78. The van der Waals surface area contributed by atoms with Crippen LogP contribution in [0.25, 0.3) is 0 Å². The van der Waals surface area contributed by atoms with Gasteiger partial charge in [-0.15, -0.1) is 6.42 Å². The maximum absolute atomic E-state index is 12.0. The Morgan fingerprint density at radius 3 is 2.48 bits per heavy atom. The molecule has 0 spiro atoms. The van der Waals surface area contributed by atoms with Crippen LogP contribution < -0.4 is 25.0 Å². The molecule has 0 fully saturated rings. The predicted octanol–water partition coefficient (Wildman–Crippen LogP) is 2.97. The first-order valence-corrected chi connectivity index (χ1v) is 9.64. The van der Waals surface area contributed by atoms with E-state index in [2.05, 4.69) is 21.8 Å². The summed E-state index contributed by atoms with van der Waals surface area (Å²) in [7, 11) is 1.57. The molecule has 2 aromatic carbocycles. The molecule has 0 saturated heterocycles. The molecule has 2 rings (SSSR count). The summed E-state index contributed by atoms with van der Waals surface area (Å²) < 4.78 is 16.0. The van der Waals surface area contributed by atoms with Crippen LogP contribution in [0.15, 0.2) is 47.6 Å². The Morgan fingerprint density at radius 1 is 1.06 bits per heavy atom. The van der Waals surface area contributed by atoms with E-state index in [0.29, 0.717) is 35.1 Å². The monoisotopic (exact) mass is 423 g/mol. The van der Waals surface area contributed by atoms with Crippen molar-refractivity contribution in [2.24, 2.45) is 5.10 Å². The van der Waals surface area contributed by atoms with Crippen LogP contribution in [0.5, 0.6) is 17.2 Å². The lowest BCUT2D eigenvalue weighted by Gasteiger charge is -2.10. The smallest absolute Gasteiger partial charge is 0.240 e. The van der Waals surface area contributed by atoms with Gasteiger partial charge in [-0.25, -0.2) is 5.43 Å². The van der Waals surface area contributed by atoms with Crippen LogP contribution in [0.3, 0.4) is 0 Å². The summed E-state index contributed by atoms with van der Waals surface area (Å²) in [6, 6.07) is 12.1. The van der Waals surface area contributed by atoms with Crippen molar-refractivity contribution < 1.29 is 23.8 Å². The van der Waals surface area contributed by atoms with Crippen LogP contribution in [-0.4, -0.2) is 38.4 Å². The maximum atomic E-state index is 12.0. The molecule has 2 amide bonds. The van der Waals surface area contributed by atoms with E-state index < -0.39 is 0 Å². The molecule has 0 aromatic heterocycles. The summed E-state index contributed by atoms with van der Waals surface area (Å²) in [4.78, 5) is 23.9. The molecule has 0 radical (unpaired) electrons. The Morgan fingerprint density at radius 2 is 1.81 bits per heavy atom. The molecule has 0 heterocycles. The minimum atomic E-state index is -0.375. The molecule has 0 unspecified atom stereocenters. The number of rotatable bonds is 11. The molecule has 8 heteroatoms. The largest absolute Gasteiger partial charge is 0.497 e. The molecule has 162 valence electrons. The fourth-order valence-corrected chi connectivity index (χ4v) is 2.47. The molecular formula is C23H25N3O5. The van der Waals surface area contributed by atoms with Gasteiger partial charge in [0.1, 0.15) is 12.4 Å². The zero-order chi connectivity index (χ0) is 22.5. The van der Waals surface area contributed by atoms with E-state index in [0.717, 1.165) is 0 Å². The summed E-state index contributed by atoms with van der Waals surface area (Å²) in [6.45, 7) is 2.45. The van der Waals surface area contributed by atoms with Crippen LogP contribution >= 0.6 is 0 Å². The number of nitrogens with one attached hydrogen (secondary N) is 2. The van der Waals surface area contributed by atoms with E-state index in [9.17, 15) is 9.59 Å². The standard InChI is InChI=1S/C23H25N3O5/c1-4-14-31-20-11-6-17(15-21(20)30-5-2)16-24-26-23(28)13-12-22(27)25-18-7-9-19(29-3)10-8-18/h1,6-11,15-16H,5,12-14H2,2-3H3,(H,25,27)(H,26,28). The van der Waals surface area contributed by atoms with Crippen LogP contribution in [0, 0.1) is 12.3 Å². The van der Waals surface area contributed by atoms with E-state index >= 15 is 0 Å². The Bertz CT molecular complexity index is 949. The highest BCUT2D eigenvalue weighted by atomic mass is 16.5. The summed E-state index contributed by atoms with van der Waals surface area (Å²) in [5.41, 5.74) is 3.73. The molecule has 2 N–H and O–H groups in total. The Hall–Kier alpha value is -3.99. The first-order chi connectivity index (χ1) is 15.0. The van der Waals surface area contributed by atoms with Crippen LogP contribution in [0.2, 0.25) is 0 Å². The lowest BCUT2D eigenvalue weighted by atomic mass is 10.2. The number of nitrogens with zero attached hydrogens (tertiary/aromatic N) is 1. The van der Waals surface area contributed by atoms with Crippen LogP contribution in [-0.2, 0) is 9.59 Å². The average molecular weight is 423 g/mol. The van der Waals surface area contributed by atoms with E-state index in [1.54, 1.807) is 49.6 Å². The van der Waals surface area contributed by atoms with Crippen molar-refractivity contribution >= 4 is 23.7 Å². The van der Waals surface area contributed by atoms with Gasteiger partial charge in [0.2, 0.25) is 11.8 Å². The Balaban J connectivity index is 1.81. The number of anilines is 1. The zero-order valence-electron chi connectivity index (χ0n) is 17.5. The van der Waals surface area contributed by atoms with Crippen LogP contribution in [0.4, 0.5) is 5.69 Å². The maximum Gasteiger partial charge on any atom is 0.240 e. The van der Waals surface area contributed by atoms with Crippen molar-refractivity contribution in [3.05, 3.63) is 48.0 Å². The van der Waals surface area contributed by atoms with Gasteiger partial charge >= 0.3 is 0 Å². The third-order valence-corrected chi connectivity index (χ3v) is 3.93.